The van der Waals surface area contributed by atoms with Gasteiger partial charge in [0.1, 0.15) is 5.41 Å². The van der Waals surface area contributed by atoms with Gasteiger partial charge in [0.25, 0.3) is 5.91 Å². The highest BCUT2D eigenvalue weighted by Gasteiger charge is 2.70. The Morgan fingerprint density at radius 3 is 2.82 bits per heavy atom. The Bertz CT molecular complexity index is 816. The van der Waals surface area contributed by atoms with Crippen LogP contribution in [0.1, 0.15) is 25.3 Å². The van der Waals surface area contributed by atoms with Crippen LogP contribution in [0.25, 0.3) is 0 Å². The van der Waals surface area contributed by atoms with Crippen molar-refractivity contribution in [2.75, 3.05) is 32.4 Å². The van der Waals surface area contributed by atoms with Gasteiger partial charge in [-0.25, -0.2) is 0 Å². The van der Waals surface area contributed by atoms with E-state index < -0.39 is 17.1 Å². The zero-order valence-corrected chi connectivity index (χ0v) is 16.5. The molecule has 0 radical (unpaired) electrons. The van der Waals surface area contributed by atoms with Gasteiger partial charge in [-0.15, -0.1) is 0 Å². The molecule has 7 atom stereocenters. The van der Waals surface area contributed by atoms with Gasteiger partial charge in [-0.3, -0.25) is 14.5 Å². The Balaban J connectivity index is 1.67. The Morgan fingerprint density at radius 2 is 2.14 bits per heavy atom. The number of likely N-dealkylation sites (N-methyl/N-ethyl adjacent to an activating group) is 1. The number of hydrogen-bond acceptors (Lipinski definition) is 6. The number of anilines is 1. The lowest BCUT2D eigenvalue weighted by molar-refractivity contribution is -0.145. The van der Waals surface area contributed by atoms with Crippen LogP contribution in [0.3, 0.4) is 0 Å². The van der Waals surface area contributed by atoms with Gasteiger partial charge in [-0.2, -0.15) is 5.06 Å². The van der Waals surface area contributed by atoms with Crippen LogP contribution in [-0.2, 0) is 19.8 Å². The topological polar surface area (TPSA) is 82.5 Å². The molecule has 1 aliphatic carbocycles. The fourth-order valence-electron chi connectivity index (χ4n) is 6.81. The van der Waals surface area contributed by atoms with Crippen molar-refractivity contribution in [2.45, 2.75) is 49.0 Å². The molecule has 1 aromatic carbocycles. The maximum Gasteiger partial charge on any atom is 0.264 e. The van der Waals surface area contributed by atoms with Crippen molar-refractivity contribution < 1.29 is 24.6 Å². The van der Waals surface area contributed by atoms with Crippen molar-refractivity contribution in [3.63, 3.8) is 0 Å². The monoisotopic (exact) mass is 388 g/mol. The minimum absolute atomic E-state index is 0.0352. The lowest BCUT2D eigenvalue weighted by Crippen LogP contribution is -2.63. The lowest BCUT2D eigenvalue weighted by atomic mass is 9.68. The molecule has 2 N–H and O–H groups in total. The van der Waals surface area contributed by atoms with Gasteiger partial charge >= 0.3 is 0 Å². The second-order valence-electron chi connectivity index (χ2n) is 8.81. The summed E-state index contributed by atoms with van der Waals surface area (Å²) in [6, 6.07) is 7.83. The van der Waals surface area contributed by atoms with E-state index in [0.717, 1.165) is 11.3 Å². The summed E-state index contributed by atoms with van der Waals surface area (Å²) < 4.78 is 6.31. The summed E-state index contributed by atoms with van der Waals surface area (Å²) in [4.78, 5) is 21.3. The number of hydrogen-bond donors (Lipinski definition) is 2. The van der Waals surface area contributed by atoms with Crippen molar-refractivity contribution in [3.8, 4) is 0 Å². The number of para-hydroxylation sites is 1. The van der Waals surface area contributed by atoms with E-state index in [-0.39, 0.29) is 36.5 Å². The van der Waals surface area contributed by atoms with E-state index in [4.69, 9.17) is 9.57 Å². The summed E-state index contributed by atoms with van der Waals surface area (Å²) in [5.41, 5.74) is 0.252. The molecule has 1 aromatic rings. The quantitative estimate of drug-likeness (QED) is 0.793. The van der Waals surface area contributed by atoms with Crippen molar-refractivity contribution in [2.24, 2.45) is 11.8 Å². The lowest BCUT2D eigenvalue weighted by Gasteiger charge is -2.49. The molecule has 7 nitrogen and oxygen atoms in total. The molecule has 4 heterocycles. The maximum absolute atomic E-state index is 13.7. The molecule has 28 heavy (non-hydrogen) atoms. The van der Waals surface area contributed by atoms with E-state index >= 15 is 0 Å². The number of fused-ring (bicyclic) bond motifs is 2. The minimum Gasteiger partial charge on any atom is -0.394 e. The SMILES string of the molecule is CON1C(=O)[C@@]2(C[C@H]3[C@H]4CO[C@@H]2C[C@H]4[C@@](CO)(C(C)O)N3C)c2ccccc21. The second-order valence-corrected chi connectivity index (χ2v) is 8.81. The van der Waals surface area contributed by atoms with Gasteiger partial charge in [0.15, 0.2) is 0 Å². The third-order valence-electron chi connectivity index (χ3n) is 8.17. The van der Waals surface area contributed by atoms with Crippen molar-refractivity contribution in [1.82, 2.24) is 4.90 Å². The van der Waals surface area contributed by atoms with Gasteiger partial charge in [0.05, 0.1) is 43.8 Å². The number of carbonyl (C=O) groups excluding carboxylic acids is 1. The fraction of sp³-hybridized carbons (Fsp3) is 0.667. The number of rotatable bonds is 3. The van der Waals surface area contributed by atoms with E-state index in [0.29, 0.717) is 19.4 Å². The standard InChI is InChI=1S/C21H28N2O5/c1-12(25)21(11-24)15-8-18-20(9-17(22(21)2)13(15)10-28-18)14-6-4-5-7-16(14)23(27-3)19(20)26/h4-7,12-13,15,17-18,24-25H,8-11H2,1-3H3/t12?,13-,15+,17-,18+,20-,21+/m0/s1. The largest absolute Gasteiger partial charge is 0.394 e. The highest BCUT2D eigenvalue weighted by Crippen LogP contribution is 2.60. The van der Waals surface area contributed by atoms with Crippen LogP contribution in [0.5, 0.6) is 0 Å². The third kappa shape index (κ3) is 1.89. The zero-order chi connectivity index (χ0) is 19.8. The van der Waals surface area contributed by atoms with Gasteiger partial charge in [-0.1, -0.05) is 18.2 Å². The summed E-state index contributed by atoms with van der Waals surface area (Å²) in [5, 5.41) is 22.4. The van der Waals surface area contributed by atoms with Crippen molar-refractivity contribution in [3.05, 3.63) is 29.8 Å². The Hall–Kier alpha value is -1.51. The number of aliphatic hydroxyl groups is 2. The van der Waals surface area contributed by atoms with Crippen LogP contribution < -0.4 is 5.06 Å². The van der Waals surface area contributed by atoms with E-state index in [1.54, 1.807) is 6.92 Å². The molecule has 5 aliphatic rings. The summed E-state index contributed by atoms with van der Waals surface area (Å²) >= 11 is 0. The molecule has 1 amide bonds. The van der Waals surface area contributed by atoms with E-state index in [1.807, 2.05) is 31.3 Å². The summed E-state index contributed by atoms with van der Waals surface area (Å²) in [5.74, 6) is 0.176. The number of ether oxygens (including phenoxy) is 1. The molecule has 0 aromatic heterocycles. The molecule has 152 valence electrons. The molecule has 7 heteroatoms. The van der Waals surface area contributed by atoms with Gasteiger partial charge in [-0.05, 0) is 44.4 Å². The first-order valence-corrected chi connectivity index (χ1v) is 10.0. The first-order chi connectivity index (χ1) is 13.4. The van der Waals surface area contributed by atoms with Crippen LogP contribution in [0.4, 0.5) is 5.69 Å². The van der Waals surface area contributed by atoms with Gasteiger partial charge < -0.3 is 14.9 Å². The zero-order valence-electron chi connectivity index (χ0n) is 16.5. The van der Waals surface area contributed by atoms with E-state index in [1.165, 1.54) is 12.2 Å². The summed E-state index contributed by atoms with van der Waals surface area (Å²) in [6.45, 7) is 2.20. The van der Waals surface area contributed by atoms with Crippen LogP contribution in [0.2, 0.25) is 0 Å². The second kappa shape index (κ2) is 6.00. The number of benzene rings is 1. The molecule has 3 saturated heterocycles. The first kappa shape index (κ1) is 18.5. The highest BCUT2D eigenvalue weighted by atomic mass is 16.7. The van der Waals surface area contributed by atoms with Gasteiger partial charge in [0, 0.05) is 12.0 Å². The van der Waals surface area contributed by atoms with Crippen LogP contribution in [0, 0.1) is 11.8 Å². The predicted octanol–water partition coefficient (Wildman–Crippen LogP) is 0.683. The molecular weight excluding hydrogens is 360 g/mol. The molecule has 4 fully saturated rings. The van der Waals surface area contributed by atoms with Crippen molar-refractivity contribution in [1.29, 1.82) is 0 Å². The third-order valence-corrected chi connectivity index (χ3v) is 8.17. The Morgan fingerprint density at radius 1 is 1.39 bits per heavy atom. The smallest absolute Gasteiger partial charge is 0.264 e. The van der Waals surface area contributed by atoms with Crippen LogP contribution >= 0.6 is 0 Å². The average molecular weight is 388 g/mol. The Labute approximate surface area is 164 Å². The first-order valence-electron chi connectivity index (χ1n) is 10.0. The van der Waals surface area contributed by atoms with Gasteiger partial charge in [0.2, 0.25) is 0 Å². The predicted molar refractivity (Wildman–Crippen MR) is 102 cm³/mol. The minimum atomic E-state index is -0.796. The average Bonchev–Trinajstić information content (AvgIpc) is 2.92. The van der Waals surface area contributed by atoms with Crippen molar-refractivity contribution >= 4 is 11.6 Å². The number of hydroxylamine groups is 1. The number of aliphatic hydroxyl groups excluding tert-OH is 2. The fourth-order valence-corrected chi connectivity index (χ4v) is 6.81. The number of amides is 1. The van der Waals surface area contributed by atoms with Crippen LogP contribution in [-0.4, -0.2) is 72.2 Å². The number of nitrogens with zero attached hydrogens (tertiary/aromatic N) is 2. The normalized spacial score (nSPS) is 42.9. The molecular formula is C21H28N2O5. The highest BCUT2D eigenvalue weighted by molar-refractivity contribution is 6.07. The maximum atomic E-state index is 13.7. The molecule has 1 spiro atoms. The van der Waals surface area contributed by atoms with E-state index in [2.05, 4.69) is 4.90 Å². The number of likely N-dealkylation sites (tertiary alicyclic amines) is 1. The van der Waals surface area contributed by atoms with Crippen LogP contribution in [0.15, 0.2) is 24.3 Å². The Kier molecular flexibility index (Phi) is 3.97. The molecule has 4 bridgehead atoms. The molecule has 6 rings (SSSR count). The molecule has 4 aliphatic heterocycles. The summed E-state index contributed by atoms with van der Waals surface area (Å²) in [6.07, 6.45) is 0.259. The molecule has 1 saturated carbocycles. The summed E-state index contributed by atoms with van der Waals surface area (Å²) in [7, 11) is 3.49. The van der Waals surface area contributed by atoms with E-state index in [9.17, 15) is 15.0 Å². The molecule has 1 unspecified atom stereocenters. The number of carbonyl (C=O) groups is 1.